The third-order valence-corrected chi connectivity index (χ3v) is 3.39. The number of benzene rings is 1. The monoisotopic (exact) mass is 242 g/mol. The maximum Gasteiger partial charge on any atom is 0.0459 e. The van der Waals surface area contributed by atoms with Gasteiger partial charge in [0.05, 0.1) is 0 Å². The number of nitrogens with two attached hydrogens (primary N) is 1. The maximum atomic E-state index is 5.47. The molecule has 0 amide bonds. The molecule has 0 fully saturated rings. The molecule has 0 atom stereocenters. The number of hydrogen-bond acceptors (Lipinski definition) is 1. The standard InChI is InChI=1S/C16H22N2/c1-2-3-4-10-15-14(9-7-12-17)13-8-5-6-11-16(13)18-15/h5-8,11-12,18H,2-4,9-10,17H2,1H3. The Labute approximate surface area is 109 Å². The number of aryl methyl sites for hydroxylation is 1. The Morgan fingerprint density at radius 1 is 1.22 bits per heavy atom. The van der Waals surface area contributed by atoms with Gasteiger partial charge in [0.15, 0.2) is 0 Å². The van der Waals surface area contributed by atoms with Crippen LogP contribution < -0.4 is 5.73 Å². The van der Waals surface area contributed by atoms with Gasteiger partial charge in [0.25, 0.3) is 0 Å². The van der Waals surface area contributed by atoms with Crippen LogP contribution in [0, 0.1) is 0 Å². The summed E-state index contributed by atoms with van der Waals surface area (Å²) >= 11 is 0. The minimum Gasteiger partial charge on any atom is -0.405 e. The Hall–Kier alpha value is -1.70. The van der Waals surface area contributed by atoms with E-state index in [1.807, 2.05) is 6.08 Å². The van der Waals surface area contributed by atoms with E-state index >= 15 is 0 Å². The summed E-state index contributed by atoms with van der Waals surface area (Å²) in [5.74, 6) is 0. The van der Waals surface area contributed by atoms with Crippen LogP contribution in [-0.4, -0.2) is 4.98 Å². The second-order valence-corrected chi connectivity index (χ2v) is 4.72. The minimum absolute atomic E-state index is 0.919. The predicted octanol–water partition coefficient (Wildman–Crippen LogP) is 3.92. The number of para-hydroxylation sites is 1. The lowest BCUT2D eigenvalue weighted by atomic mass is 10.0. The normalized spacial score (nSPS) is 11.6. The number of nitrogens with one attached hydrogen (secondary N) is 1. The predicted molar refractivity (Wildman–Crippen MR) is 78.6 cm³/mol. The van der Waals surface area contributed by atoms with Gasteiger partial charge in [0.2, 0.25) is 0 Å². The summed E-state index contributed by atoms with van der Waals surface area (Å²) in [5, 5.41) is 1.34. The minimum atomic E-state index is 0.919. The summed E-state index contributed by atoms with van der Waals surface area (Å²) in [5.41, 5.74) is 9.49. The highest BCUT2D eigenvalue weighted by molar-refractivity contribution is 5.84. The third-order valence-electron chi connectivity index (χ3n) is 3.39. The summed E-state index contributed by atoms with van der Waals surface area (Å²) < 4.78 is 0. The molecule has 0 spiro atoms. The van der Waals surface area contributed by atoms with Crippen molar-refractivity contribution in [2.75, 3.05) is 0 Å². The van der Waals surface area contributed by atoms with Crippen molar-refractivity contribution in [3.63, 3.8) is 0 Å². The van der Waals surface area contributed by atoms with E-state index in [-0.39, 0.29) is 0 Å². The van der Waals surface area contributed by atoms with Crippen LogP contribution in [0.1, 0.15) is 37.4 Å². The molecule has 1 aromatic carbocycles. The molecule has 0 bridgehead atoms. The molecule has 1 heterocycles. The highest BCUT2D eigenvalue weighted by atomic mass is 14.7. The van der Waals surface area contributed by atoms with E-state index in [1.165, 1.54) is 41.4 Å². The van der Waals surface area contributed by atoms with Gasteiger partial charge in [0, 0.05) is 16.6 Å². The molecule has 96 valence electrons. The molecule has 18 heavy (non-hydrogen) atoms. The van der Waals surface area contributed by atoms with E-state index in [4.69, 9.17) is 5.73 Å². The van der Waals surface area contributed by atoms with Crippen LogP contribution in [0.2, 0.25) is 0 Å². The number of H-pyrrole nitrogens is 1. The first-order valence-electron chi connectivity index (χ1n) is 6.82. The van der Waals surface area contributed by atoms with E-state index in [2.05, 4.69) is 36.2 Å². The fourth-order valence-electron chi connectivity index (χ4n) is 2.44. The smallest absolute Gasteiger partial charge is 0.0459 e. The van der Waals surface area contributed by atoms with Crippen molar-refractivity contribution in [1.82, 2.24) is 4.98 Å². The van der Waals surface area contributed by atoms with E-state index in [0.29, 0.717) is 0 Å². The zero-order valence-corrected chi connectivity index (χ0v) is 11.1. The van der Waals surface area contributed by atoms with E-state index < -0.39 is 0 Å². The maximum absolute atomic E-state index is 5.47. The van der Waals surface area contributed by atoms with Crippen molar-refractivity contribution in [2.24, 2.45) is 5.73 Å². The van der Waals surface area contributed by atoms with Crippen molar-refractivity contribution in [3.8, 4) is 0 Å². The Bertz CT molecular complexity index is 523. The SMILES string of the molecule is CCCCCc1[nH]c2ccccc2c1CC=CN. The Morgan fingerprint density at radius 2 is 2.06 bits per heavy atom. The van der Waals surface area contributed by atoms with Gasteiger partial charge in [-0.25, -0.2) is 0 Å². The Morgan fingerprint density at radius 3 is 2.83 bits per heavy atom. The molecule has 0 saturated heterocycles. The first kappa shape index (κ1) is 12.7. The van der Waals surface area contributed by atoms with E-state index in [9.17, 15) is 0 Å². The molecule has 0 saturated carbocycles. The number of unbranched alkanes of at least 4 members (excludes halogenated alkanes) is 2. The molecule has 2 aromatic rings. The average molecular weight is 242 g/mol. The van der Waals surface area contributed by atoms with Crippen LogP contribution in [0.25, 0.3) is 10.9 Å². The van der Waals surface area contributed by atoms with Gasteiger partial charge in [0.1, 0.15) is 0 Å². The fourth-order valence-corrected chi connectivity index (χ4v) is 2.44. The van der Waals surface area contributed by atoms with Gasteiger partial charge in [-0.3, -0.25) is 0 Å². The molecule has 0 radical (unpaired) electrons. The first-order valence-corrected chi connectivity index (χ1v) is 6.82. The molecular formula is C16H22N2. The van der Waals surface area contributed by atoms with Gasteiger partial charge < -0.3 is 10.7 Å². The van der Waals surface area contributed by atoms with Crippen LogP contribution in [0.3, 0.4) is 0 Å². The van der Waals surface area contributed by atoms with E-state index in [1.54, 1.807) is 6.20 Å². The highest BCUT2D eigenvalue weighted by Gasteiger charge is 2.09. The van der Waals surface area contributed by atoms with Crippen molar-refractivity contribution in [3.05, 3.63) is 47.8 Å². The van der Waals surface area contributed by atoms with Crippen molar-refractivity contribution < 1.29 is 0 Å². The summed E-state index contributed by atoms with van der Waals surface area (Å²) in [6.07, 6.45) is 9.53. The van der Waals surface area contributed by atoms with Crippen LogP contribution in [0.15, 0.2) is 36.5 Å². The van der Waals surface area contributed by atoms with Crippen LogP contribution in [0.5, 0.6) is 0 Å². The second kappa shape index (κ2) is 6.29. The molecular weight excluding hydrogens is 220 g/mol. The lowest BCUT2D eigenvalue weighted by Gasteiger charge is -2.02. The second-order valence-electron chi connectivity index (χ2n) is 4.72. The van der Waals surface area contributed by atoms with Crippen LogP contribution in [-0.2, 0) is 12.8 Å². The number of fused-ring (bicyclic) bond motifs is 1. The van der Waals surface area contributed by atoms with Crippen LogP contribution in [0.4, 0.5) is 0 Å². The third kappa shape index (κ3) is 2.76. The van der Waals surface area contributed by atoms with Gasteiger partial charge in [-0.1, -0.05) is 44.0 Å². The lowest BCUT2D eigenvalue weighted by Crippen LogP contribution is -1.92. The number of rotatable bonds is 6. The van der Waals surface area contributed by atoms with Crippen molar-refractivity contribution in [2.45, 2.75) is 39.0 Å². The van der Waals surface area contributed by atoms with Gasteiger partial charge >= 0.3 is 0 Å². The molecule has 3 N–H and O–H groups in total. The summed E-state index contributed by atoms with van der Waals surface area (Å²) in [4.78, 5) is 3.56. The molecule has 2 heteroatoms. The average Bonchev–Trinajstić information content (AvgIpc) is 2.74. The fraction of sp³-hybridized carbons (Fsp3) is 0.375. The quantitative estimate of drug-likeness (QED) is 0.741. The summed E-state index contributed by atoms with van der Waals surface area (Å²) in [7, 11) is 0. The summed E-state index contributed by atoms with van der Waals surface area (Å²) in [6.45, 7) is 2.24. The number of aromatic amines is 1. The molecule has 0 aliphatic heterocycles. The summed E-state index contributed by atoms with van der Waals surface area (Å²) in [6, 6.07) is 8.52. The zero-order chi connectivity index (χ0) is 12.8. The van der Waals surface area contributed by atoms with E-state index in [0.717, 1.165) is 12.8 Å². The largest absolute Gasteiger partial charge is 0.405 e. The Balaban J connectivity index is 2.30. The zero-order valence-electron chi connectivity index (χ0n) is 11.1. The van der Waals surface area contributed by atoms with Gasteiger partial charge in [-0.05, 0) is 37.1 Å². The number of allylic oxidation sites excluding steroid dienone is 1. The molecule has 1 aromatic heterocycles. The highest BCUT2D eigenvalue weighted by Crippen LogP contribution is 2.24. The molecule has 0 aliphatic carbocycles. The lowest BCUT2D eigenvalue weighted by molar-refractivity contribution is 0.707. The Kier molecular flexibility index (Phi) is 4.46. The molecule has 2 rings (SSSR count). The number of aromatic nitrogens is 1. The van der Waals surface area contributed by atoms with Crippen molar-refractivity contribution in [1.29, 1.82) is 0 Å². The van der Waals surface area contributed by atoms with Gasteiger partial charge in [-0.15, -0.1) is 0 Å². The molecule has 0 unspecified atom stereocenters. The topological polar surface area (TPSA) is 41.8 Å². The molecule has 0 aliphatic rings. The van der Waals surface area contributed by atoms with Crippen LogP contribution >= 0.6 is 0 Å². The van der Waals surface area contributed by atoms with Crippen molar-refractivity contribution >= 4 is 10.9 Å². The molecule has 2 nitrogen and oxygen atoms in total. The van der Waals surface area contributed by atoms with Gasteiger partial charge in [-0.2, -0.15) is 0 Å². The number of hydrogen-bond donors (Lipinski definition) is 2. The first-order chi connectivity index (χ1) is 8.86.